The molecule has 0 saturated heterocycles. The van der Waals surface area contributed by atoms with Gasteiger partial charge in [-0.1, -0.05) is 6.07 Å². The molecule has 0 bridgehead atoms. The summed E-state index contributed by atoms with van der Waals surface area (Å²) in [5.74, 6) is 1.54. The summed E-state index contributed by atoms with van der Waals surface area (Å²) in [6, 6.07) is 7.56. The fourth-order valence-corrected chi connectivity index (χ4v) is 2.60. The summed E-state index contributed by atoms with van der Waals surface area (Å²) in [4.78, 5) is 0. The first kappa shape index (κ1) is 14.0. The van der Waals surface area contributed by atoms with E-state index in [1.165, 1.54) is 0 Å². The average Bonchev–Trinajstić information content (AvgIpc) is 2.86. The predicted octanol–water partition coefficient (Wildman–Crippen LogP) is 3.37. The van der Waals surface area contributed by atoms with Crippen LogP contribution in [-0.4, -0.2) is 21.3 Å². The normalized spacial score (nSPS) is 12.2. The number of hydrogen-bond acceptors (Lipinski definition) is 4. The van der Waals surface area contributed by atoms with E-state index < -0.39 is 0 Å². The molecule has 0 aliphatic rings. The minimum Gasteiger partial charge on any atom is -0.496 e. The molecule has 1 heterocycles. The Hall–Kier alpha value is -1.46. The van der Waals surface area contributed by atoms with Crippen LogP contribution in [0.2, 0.25) is 0 Å². The Balaban J connectivity index is 2.57. The molecule has 0 saturated carbocycles. The monoisotopic (exact) mass is 325 g/mol. The van der Waals surface area contributed by atoms with E-state index in [4.69, 9.17) is 13.9 Å². The van der Waals surface area contributed by atoms with Gasteiger partial charge in [-0.05, 0) is 41.2 Å². The van der Waals surface area contributed by atoms with Crippen LogP contribution in [0.3, 0.4) is 0 Å². The van der Waals surface area contributed by atoms with Crippen LogP contribution in [0.4, 0.5) is 0 Å². The molecule has 0 amide bonds. The van der Waals surface area contributed by atoms with Gasteiger partial charge in [-0.3, -0.25) is 0 Å². The quantitative estimate of drug-likeness (QED) is 0.915. The molecular formula is C14H16BrNO3. The minimum absolute atomic E-state index is 0.0841. The van der Waals surface area contributed by atoms with Gasteiger partial charge in [0, 0.05) is 5.56 Å². The molecule has 4 nitrogen and oxygen atoms in total. The van der Waals surface area contributed by atoms with Gasteiger partial charge < -0.3 is 19.2 Å². The zero-order chi connectivity index (χ0) is 13.8. The highest BCUT2D eigenvalue weighted by atomic mass is 79.9. The first-order valence-electron chi connectivity index (χ1n) is 5.84. The van der Waals surface area contributed by atoms with Gasteiger partial charge in [-0.25, -0.2) is 0 Å². The number of rotatable bonds is 5. The van der Waals surface area contributed by atoms with Crippen LogP contribution in [0.1, 0.15) is 17.2 Å². The number of ether oxygens (including phenoxy) is 2. The van der Waals surface area contributed by atoms with Gasteiger partial charge in [0.25, 0.3) is 0 Å². The Morgan fingerprint density at radius 2 is 1.79 bits per heavy atom. The van der Waals surface area contributed by atoms with Gasteiger partial charge in [0.2, 0.25) is 0 Å². The summed E-state index contributed by atoms with van der Waals surface area (Å²) >= 11 is 3.41. The standard InChI is InChI=1S/C14H16BrNO3/c1-16-13(9-7-8-19-14(9)15)12-10(17-2)5-4-6-11(12)18-3/h4-8,13,16H,1-3H3. The lowest BCUT2D eigenvalue weighted by molar-refractivity contribution is 0.378. The van der Waals surface area contributed by atoms with Crippen molar-refractivity contribution < 1.29 is 13.9 Å². The zero-order valence-electron chi connectivity index (χ0n) is 11.1. The molecule has 102 valence electrons. The fourth-order valence-electron chi connectivity index (χ4n) is 2.13. The van der Waals surface area contributed by atoms with Crippen LogP contribution in [0.15, 0.2) is 39.6 Å². The molecular weight excluding hydrogens is 310 g/mol. The molecule has 1 atom stereocenters. The zero-order valence-corrected chi connectivity index (χ0v) is 12.7. The van der Waals surface area contributed by atoms with Crippen LogP contribution in [0, 0.1) is 0 Å². The maximum absolute atomic E-state index is 5.44. The lowest BCUT2D eigenvalue weighted by Gasteiger charge is -2.21. The van der Waals surface area contributed by atoms with Crippen molar-refractivity contribution in [3.8, 4) is 11.5 Å². The third-order valence-corrected chi connectivity index (χ3v) is 3.65. The fraction of sp³-hybridized carbons (Fsp3) is 0.286. The van der Waals surface area contributed by atoms with Crippen LogP contribution < -0.4 is 14.8 Å². The molecule has 1 aromatic carbocycles. The number of nitrogens with one attached hydrogen (secondary N) is 1. The van der Waals surface area contributed by atoms with Crippen LogP contribution in [0.25, 0.3) is 0 Å². The summed E-state index contributed by atoms with van der Waals surface area (Å²) in [6.07, 6.45) is 1.64. The van der Waals surface area contributed by atoms with E-state index >= 15 is 0 Å². The van der Waals surface area contributed by atoms with E-state index in [1.54, 1.807) is 20.5 Å². The highest BCUT2D eigenvalue weighted by Gasteiger charge is 2.24. The maximum Gasteiger partial charge on any atom is 0.174 e. The van der Waals surface area contributed by atoms with E-state index in [1.807, 2.05) is 31.3 Å². The number of furan rings is 1. The first-order chi connectivity index (χ1) is 9.22. The van der Waals surface area contributed by atoms with E-state index in [-0.39, 0.29) is 6.04 Å². The third kappa shape index (κ3) is 2.62. The van der Waals surface area contributed by atoms with Crippen molar-refractivity contribution in [2.75, 3.05) is 21.3 Å². The Kier molecular flexibility index (Phi) is 4.50. The maximum atomic E-state index is 5.44. The first-order valence-corrected chi connectivity index (χ1v) is 6.63. The predicted molar refractivity (Wildman–Crippen MR) is 76.9 cm³/mol. The molecule has 1 N–H and O–H groups in total. The number of halogens is 1. The molecule has 1 unspecified atom stereocenters. The summed E-state index contributed by atoms with van der Waals surface area (Å²) < 4.78 is 16.9. The Morgan fingerprint density at radius 3 is 2.21 bits per heavy atom. The molecule has 2 rings (SSSR count). The summed E-state index contributed by atoms with van der Waals surface area (Å²) in [5, 5.41) is 3.26. The SMILES string of the molecule is CNC(c1ccoc1Br)c1c(OC)cccc1OC. The summed E-state index contributed by atoms with van der Waals surface area (Å²) in [6.45, 7) is 0. The van der Waals surface area contributed by atoms with Crippen LogP contribution in [0.5, 0.6) is 11.5 Å². The highest BCUT2D eigenvalue weighted by Crippen LogP contribution is 2.39. The lowest BCUT2D eigenvalue weighted by atomic mass is 9.99. The number of methoxy groups -OCH3 is 2. The van der Waals surface area contributed by atoms with E-state index in [2.05, 4.69) is 21.2 Å². The van der Waals surface area contributed by atoms with E-state index in [9.17, 15) is 0 Å². The summed E-state index contributed by atoms with van der Waals surface area (Å²) in [7, 11) is 5.18. The molecule has 1 aromatic heterocycles. The van der Waals surface area contributed by atoms with E-state index in [0.29, 0.717) is 4.67 Å². The molecule has 0 radical (unpaired) electrons. The number of hydrogen-bond donors (Lipinski definition) is 1. The van der Waals surface area contributed by atoms with Gasteiger partial charge in [0.15, 0.2) is 4.67 Å². The molecule has 0 spiro atoms. The van der Waals surface area contributed by atoms with Crippen molar-refractivity contribution in [1.29, 1.82) is 0 Å². The molecule has 0 aliphatic heterocycles. The van der Waals surface area contributed by atoms with Crippen molar-refractivity contribution in [3.05, 3.63) is 46.3 Å². The topological polar surface area (TPSA) is 43.6 Å². The van der Waals surface area contributed by atoms with Gasteiger partial charge in [0.1, 0.15) is 11.5 Å². The van der Waals surface area contributed by atoms with Crippen molar-refractivity contribution in [1.82, 2.24) is 5.32 Å². The molecule has 5 heteroatoms. The van der Waals surface area contributed by atoms with Crippen LogP contribution in [-0.2, 0) is 0 Å². The van der Waals surface area contributed by atoms with Crippen LogP contribution >= 0.6 is 15.9 Å². The minimum atomic E-state index is -0.0841. The van der Waals surface area contributed by atoms with E-state index in [0.717, 1.165) is 22.6 Å². The Bertz CT molecular complexity index is 531. The van der Waals surface area contributed by atoms with Crippen molar-refractivity contribution in [2.45, 2.75) is 6.04 Å². The largest absolute Gasteiger partial charge is 0.496 e. The smallest absolute Gasteiger partial charge is 0.174 e. The van der Waals surface area contributed by atoms with Crippen molar-refractivity contribution in [2.24, 2.45) is 0 Å². The molecule has 0 fully saturated rings. The highest BCUT2D eigenvalue weighted by molar-refractivity contribution is 9.10. The Labute approximate surface area is 120 Å². The number of benzene rings is 1. The van der Waals surface area contributed by atoms with Gasteiger partial charge in [0.05, 0.1) is 32.1 Å². The molecule has 2 aromatic rings. The third-order valence-electron chi connectivity index (χ3n) is 3.00. The Morgan fingerprint density at radius 1 is 1.16 bits per heavy atom. The van der Waals surface area contributed by atoms with Gasteiger partial charge >= 0.3 is 0 Å². The van der Waals surface area contributed by atoms with Gasteiger partial charge in [-0.15, -0.1) is 0 Å². The van der Waals surface area contributed by atoms with Gasteiger partial charge in [-0.2, -0.15) is 0 Å². The molecule has 0 aliphatic carbocycles. The molecule has 19 heavy (non-hydrogen) atoms. The second kappa shape index (κ2) is 6.12. The lowest BCUT2D eigenvalue weighted by Crippen LogP contribution is -2.19. The second-order valence-corrected chi connectivity index (χ2v) is 4.67. The summed E-state index contributed by atoms with van der Waals surface area (Å²) in [5.41, 5.74) is 1.93. The van der Waals surface area contributed by atoms with Crippen molar-refractivity contribution >= 4 is 15.9 Å². The van der Waals surface area contributed by atoms with Crippen molar-refractivity contribution in [3.63, 3.8) is 0 Å². The second-order valence-electron chi connectivity index (χ2n) is 3.95. The average molecular weight is 326 g/mol.